The minimum Gasteiger partial charge on any atom is -0.369 e. The van der Waals surface area contributed by atoms with Crippen LogP contribution in [0.1, 0.15) is 42.6 Å². The maximum atomic E-state index is 12.6. The summed E-state index contributed by atoms with van der Waals surface area (Å²) in [6.45, 7) is 2.74. The number of carbonyl (C=O) groups is 1. The van der Waals surface area contributed by atoms with Gasteiger partial charge in [0, 0.05) is 26.1 Å². The van der Waals surface area contributed by atoms with Crippen LogP contribution < -0.4 is 0 Å². The summed E-state index contributed by atoms with van der Waals surface area (Å²) in [5, 5.41) is 0. The molecular weight excluding hydrogens is 310 g/mol. The SMILES string of the molecule is C#CC1=C(N2CCC3(CC2)CC3)c2nc(CN(C)C)ccc2CC1=O. The van der Waals surface area contributed by atoms with E-state index < -0.39 is 0 Å². The van der Waals surface area contributed by atoms with Crippen LogP contribution in [0.3, 0.4) is 0 Å². The molecule has 1 saturated carbocycles. The number of hydrogen-bond acceptors (Lipinski definition) is 4. The van der Waals surface area contributed by atoms with Crippen LogP contribution in [0.4, 0.5) is 0 Å². The van der Waals surface area contributed by atoms with E-state index in [0.717, 1.165) is 42.3 Å². The molecule has 1 saturated heterocycles. The highest BCUT2D eigenvalue weighted by molar-refractivity contribution is 6.09. The van der Waals surface area contributed by atoms with Crippen molar-refractivity contribution in [1.29, 1.82) is 0 Å². The van der Waals surface area contributed by atoms with Gasteiger partial charge < -0.3 is 9.80 Å². The fraction of sp³-hybridized carbons (Fsp3) is 0.524. The van der Waals surface area contributed by atoms with E-state index in [9.17, 15) is 4.79 Å². The number of carbonyl (C=O) groups excluding carboxylic acids is 1. The van der Waals surface area contributed by atoms with Crippen LogP contribution in [-0.2, 0) is 17.8 Å². The Morgan fingerprint density at radius 2 is 1.96 bits per heavy atom. The Kier molecular flexibility index (Phi) is 3.92. The Hall–Kier alpha value is -2.12. The molecule has 0 radical (unpaired) electrons. The lowest BCUT2D eigenvalue weighted by Crippen LogP contribution is -2.36. The van der Waals surface area contributed by atoms with Crippen LogP contribution in [0.5, 0.6) is 0 Å². The minimum absolute atomic E-state index is 0.0545. The van der Waals surface area contributed by atoms with Gasteiger partial charge in [-0.1, -0.05) is 12.0 Å². The summed E-state index contributed by atoms with van der Waals surface area (Å²) < 4.78 is 0. The molecule has 25 heavy (non-hydrogen) atoms. The van der Waals surface area contributed by atoms with E-state index in [-0.39, 0.29) is 5.78 Å². The fourth-order valence-corrected chi connectivity index (χ4v) is 4.14. The molecule has 0 bridgehead atoms. The molecule has 4 rings (SSSR count). The zero-order chi connectivity index (χ0) is 17.6. The summed E-state index contributed by atoms with van der Waals surface area (Å²) in [6.07, 6.45) is 11.2. The minimum atomic E-state index is 0.0545. The molecule has 0 atom stereocenters. The van der Waals surface area contributed by atoms with Crippen LogP contribution in [0.15, 0.2) is 17.7 Å². The summed E-state index contributed by atoms with van der Waals surface area (Å²) in [6, 6.07) is 4.08. The van der Waals surface area contributed by atoms with E-state index in [0.29, 0.717) is 17.4 Å². The van der Waals surface area contributed by atoms with Crippen molar-refractivity contribution < 1.29 is 4.79 Å². The summed E-state index contributed by atoms with van der Waals surface area (Å²) in [7, 11) is 4.07. The van der Waals surface area contributed by atoms with Gasteiger partial charge in [0.15, 0.2) is 5.78 Å². The number of Topliss-reactive ketones (excluding diaryl/α,β-unsaturated/α-hetero) is 1. The Bertz CT molecular complexity index is 786. The lowest BCUT2D eigenvalue weighted by atomic mass is 9.88. The van der Waals surface area contributed by atoms with Crippen molar-refractivity contribution in [2.45, 2.75) is 38.6 Å². The van der Waals surface area contributed by atoms with Gasteiger partial charge in [-0.2, -0.15) is 0 Å². The average molecular weight is 335 g/mol. The molecule has 4 nitrogen and oxygen atoms in total. The van der Waals surface area contributed by atoms with Gasteiger partial charge in [-0.25, -0.2) is 4.98 Å². The first kappa shape index (κ1) is 16.4. The second-order valence-corrected chi connectivity index (χ2v) is 8.00. The summed E-state index contributed by atoms with van der Waals surface area (Å²) >= 11 is 0. The zero-order valence-corrected chi connectivity index (χ0v) is 15.1. The van der Waals surface area contributed by atoms with Crippen molar-refractivity contribution in [3.05, 3.63) is 34.7 Å². The Morgan fingerprint density at radius 3 is 2.56 bits per heavy atom. The Labute approximate surface area is 149 Å². The van der Waals surface area contributed by atoms with Crippen molar-refractivity contribution in [2.75, 3.05) is 27.2 Å². The number of allylic oxidation sites excluding steroid dienone is 1. The Morgan fingerprint density at radius 1 is 1.24 bits per heavy atom. The summed E-state index contributed by atoms with van der Waals surface area (Å²) in [5.74, 6) is 2.73. The number of piperidine rings is 1. The number of terminal acetylenes is 1. The summed E-state index contributed by atoms with van der Waals surface area (Å²) in [5.41, 5.74) is 4.97. The van der Waals surface area contributed by atoms with Gasteiger partial charge in [-0.05, 0) is 56.8 Å². The molecule has 130 valence electrons. The number of pyridine rings is 1. The predicted molar refractivity (Wildman–Crippen MR) is 98.6 cm³/mol. The van der Waals surface area contributed by atoms with Crippen molar-refractivity contribution in [3.63, 3.8) is 0 Å². The van der Waals surface area contributed by atoms with E-state index in [1.165, 1.54) is 25.7 Å². The van der Waals surface area contributed by atoms with Gasteiger partial charge in [0.05, 0.1) is 22.7 Å². The molecule has 3 aliphatic rings. The number of fused-ring (bicyclic) bond motifs is 1. The van der Waals surface area contributed by atoms with Crippen LogP contribution in [0, 0.1) is 17.8 Å². The number of likely N-dealkylation sites (tertiary alicyclic amines) is 1. The quantitative estimate of drug-likeness (QED) is 0.795. The molecule has 4 heteroatoms. The average Bonchev–Trinajstić information content (AvgIpc) is 3.33. The first-order valence-corrected chi connectivity index (χ1v) is 9.14. The van der Waals surface area contributed by atoms with Crippen molar-refractivity contribution in [1.82, 2.24) is 14.8 Å². The molecule has 2 aliphatic carbocycles. The molecule has 1 aromatic heterocycles. The van der Waals surface area contributed by atoms with Gasteiger partial charge in [0.2, 0.25) is 0 Å². The molecular formula is C21H25N3O. The summed E-state index contributed by atoms with van der Waals surface area (Å²) in [4.78, 5) is 21.9. The second-order valence-electron chi connectivity index (χ2n) is 8.00. The molecule has 2 heterocycles. The van der Waals surface area contributed by atoms with Gasteiger partial charge in [0.25, 0.3) is 0 Å². The van der Waals surface area contributed by atoms with E-state index in [1.807, 2.05) is 20.2 Å². The number of hydrogen-bond donors (Lipinski definition) is 0. The predicted octanol–water partition coefficient (Wildman–Crippen LogP) is 2.49. The van der Waals surface area contributed by atoms with Crippen molar-refractivity contribution in [3.8, 4) is 12.3 Å². The van der Waals surface area contributed by atoms with Crippen LogP contribution in [0.25, 0.3) is 5.70 Å². The van der Waals surface area contributed by atoms with Crippen molar-refractivity contribution in [2.24, 2.45) is 5.41 Å². The molecule has 0 amide bonds. The van der Waals surface area contributed by atoms with E-state index >= 15 is 0 Å². The molecule has 1 aromatic rings. The molecule has 1 spiro atoms. The van der Waals surface area contributed by atoms with E-state index in [4.69, 9.17) is 11.4 Å². The smallest absolute Gasteiger partial charge is 0.177 e. The molecule has 1 aliphatic heterocycles. The van der Waals surface area contributed by atoms with Crippen molar-refractivity contribution >= 4 is 11.5 Å². The lowest BCUT2D eigenvalue weighted by molar-refractivity contribution is -0.114. The number of nitrogens with zero attached hydrogens (tertiary/aromatic N) is 3. The van der Waals surface area contributed by atoms with Crippen LogP contribution in [0.2, 0.25) is 0 Å². The highest BCUT2D eigenvalue weighted by Gasteiger charge is 2.45. The Balaban J connectivity index is 1.74. The first-order chi connectivity index (χ1) is 12.0. The monoisotopic (exact) mass is 335 g/mol. The first-order valence-electron chi connectivity index (χ1n) is 9.14. The van der Waals surface area contributed by atoms with Gasteiger partial charge in [0.1, 0.15) is 0 Å². The maximum Gasteiger partial charge on any atom is 0.177 e. The third-order valence-electron chi connectivity index (χ3n) is 5.85. The molecule has 2 fully saturated rings. The van der Waals surface area contributed by atoms with E-state index in [2.05, 4.69) is 21.8 Å². The van der Waals surface area contributed by atoms with Crippen LogP contribution >= 0.6 is 0 Å². The third kappa shape index (κ3) is 2.98. The fourth-order valence-electron chi connectivity index (χ4n) is 4.14. The standard InChI is InChI=1S/C21H25N3O/c1-4-17-18(25)13-15-5-6-16(14-23(2)3)22-19(15)20(17)24-11-9-21(7-8-21)10-12-24/h1,5-6H,7-14H2,2-3H3. The van der Waals surface area contributed by atoms with Gasteiger partial charge in [-0.15, -0.1) is 6.42 Å². The lowest BCUT2D eigenvalue weighted by Gasteiger charge is -2.37. The second kappa shape index (κ2) is 6.00. The van der Waals surface area contributed by atoms with Crippen LogP contribution in [-0.4, -0.2) is 47.8 Å². The topological polar surface area (TPSA) is 36.4 Å². The van der Waals surface area contributed by atoms with Gasteiger partial charge in [-0.3, -0.25) is 4.79 Å². The van der Waals surface area contributed by atoms with E-state index in [1.54, 1.807) is 0 Å². The molecule has 0 aromatic carbocycles. The number of rotatable bonds is 3. The highest BCUT2D eigenvalue weighted by atomic mass is 16.1. The highest BCUT2D eigenvalue weighted by Crippen LogP contribution is 2.54. The normalized spacial score (nSPS) is 21.5. The maximum absolute atomic E-state index is 12.6. The van der Waals surface area contributed by atoms with Gasteiger partial charge >= 0.3 is 0 Å². The molecule has 0 N–H and O–H groups in total. The number of aromatic nitrogens is 1. The largest absolute Gasteiger partial charge is 0.369 e. The molecule has 0 unspecified atom stereocenters. The zero-order valence-electron chi connectivity index (χ0n) is 15.1. The third-order valence-corrected chi connectivity index (χ3v) is 5.85. The number of ketones is 1.